The van der Waals surface area contributed by atoms with E-state index in [1.807, 2.05) is 67.5 Å². The maximum absolute atomic E-state index is 13.1. The van der Waals surface area contributed by atoms with Crippen molar-refractivity contribution in [3.8, 4) is 0 Å². The van der Waals surface area contributed by atoms with Gasteiger partial charge in [0.15, 0.2) is 0 Å². The van der Waals surface area contributed by atoms with Crippen molar-refractivity contribution in [3.05, 3.63) is 89.5 Å². The van der Waals surface area contributed by atoms with Crippen LogP contribution in [0.2, 0.25) is 0 Å². The number of hydrogen-bond donors (Lipinski definition) is 1. The molecule has 0 saturated heterocycles. The highest BCUT2D eigenvalue weighted by atomic mass is 32.1. The number of carbonyl (C=O) groups excluding carboxylic acids is 2. The summed E-state index contributed by atoms with van der Waals surface area (Å²) in [6, 6.07) is 22.1. The lowest BCUT2D eigenvalue weighted by atomic mass is 9.96. The van der Waals surface area contributed by atoms with Gasteiger partial charge in [0.2, 0.25) is 5.91 Å². The largest absolute Gasteiger partial charge is 0.457 e. The molecule has 0 spiro atoms. The molecule has 33 heavy (non-hydrogen) atoms. The number of likely N-dealkylation sites (N-methyl/N-ethyl adjacent to an activating group) is 1. The summed E-state index contributed by atoms with van der Waals surface area (Å²) in [7, 11) is 3.87. The summed E-state index contributed by atoms with van der Waals surface area (Å²) < 4.78 is 10.3. The Labute approximate surface area is 196 Å². The van der Waals surface area contributed by atoms with Crippen molar-refractivity contribution in [2.45, 2.75) is 12.5 Å². The third kappa shape index (κ3) is 5.79. The minimum atomic E-state index is -0.365. The van der Waals surface area contributed by atoms with E-state index in [9.17, 15) is 9.59 Å². The van der Waals surface area contributed by atoms with E-state index in [1.165, 1.54) is 11.5 Å². The molecular formula is C25H24N4O3S. The molecule has 1 heterocycles. The second-order valence-electron chi connectivity index (χ2n) is 7.94. The van der Waals surface area contributed by atoms with Crippen molar-refractivity contribution in [3.63, 3.8) is 0 Å². The minimum absolute atomic E-state index is 0.0937. The van der Waals surface area contributed by atoms with Gasteiger partial charge in [-0.3, -0.25) is 4.79 Å². The molecule has 168 valence electrons. The molecule has 1 unspecified atom stereocenters. The number of anilines is 1. The summed E-state index contributed by atoms with van der Waals surface area (Å²) in [5.41, 5.74) is 3.79. The molecule has 1 N–H and O–H groups in total. The predicted molar refractivity (Wildman–Crippen MR) is 129 cm³/mol. The van der Waals surface area contributed by atoms with E-state index < -0.39 is 0 Å². The van der Waals surface area contributed by atoms with Crippen LogP contribution in [-0.2, 0) is 16.1 Å². The highest BCUT2D eigenvalue weighted by Crippen LogP contribution is 2.24. The van der Waals surface area contributed by atoms with Crippen molar-refractivity contribution in [1.29, 1.82) is 0 Å². The molecule has 8 heteroatoms. The van der Waals surface area contributed by atoms with Crippen molar-refractivity contribution in [2.75, 3.05) is 26.0 Å². The lowest BCUT2D eigenvalue weighted by Crippen LogP contribution is -2.30. The maximum atomic E-state index is 13.1. The molecule has 0 aliphatic carbocycles. The number of amides is 1. The van der Waals surface area contributed by atoms with Crippen molar-refractivity contribution < 1.29 is 14.3 Å². The molecule has 4 rings (SSSR count). The third-order valence-corrected chi connectivity index (χ3v) is 5.83. The van der Waals surface area contributed by atoms with Crippen LogP contribution < -0.4 is 5.32 Å². The van der Waals surface area contributed by atoms with E-state index in [4.69, 9.17) is 4.74 Å². The van der Waals surface area contributed by atoms with Crippen LogP contribution in [0.4, 0.5) is 5.69 Å². The van der Waals surface area contributed by atoms with E-state index in [0.29, 0.717) is 17.8 Å². The normalized spacial score (nSPS) is 12.0. The Kier molecular flexibility index (Phi) is 7.07. The lowest BCUT2D eigenvalue weighted by Gasteiger charge is -2.21. The first-order chi connectivity index (χ1) is 16.0. The molecule has 0 saturated carbocycles. The SMILES string of the molecule is CN(C)CC(C(=O)Nc1ccc2nnsc2c1)c1ccc(COC(=O)c2ccccc2)cc1. The van der Waals surface area contributed by atoms with E-state index >= 15 is 0 Å². The summed E-state index contributed by atoms with van der Waals surface area (Å²) in [5, 5.41) is 7.05. The van der Waals surface area contributed by atoms with Gasteiger partial charge >= 0.3 is 5.97 Å². The van der Waals surface area contributed by atoms with Gasteiger partial charge in [0.1, 0.15) is 12.1 Å². The molecule has 3 aromatic carbocycles. The van der Waals surface area contributed by atoms with Gasteiger partial charge in [-0.1, -0.05) is 47.0 Å². The Morgan fingerprint density at radius 2 is 1.79 bits per heavy atom. The quantitative estimate of drug-likeness (QED) is 0.394. The number of nitrogens with zero attached hydrogens (tertiary/aromatic N) is 3. The first-order valence-electron chi connectivity index (χ1n) is 10.5. The zero-order valence-corrected chi connectivity index (χ0v) is 19.2. The van der Waals surface area contributed by atoms with E-state index in [1.54, 1.807) is 24.3 Å². The van der Waals surface area contributed by atoms with Crippen LogP contribution in [-0.4, -0.2) is 47.0 Å². The molecule has 1 amide bonds. The molecule has 0 fully saturated rings. The van der Waals surface area contributed by atoms with Gasteiger partial charge in [-0.25, -0.2) is 4.79 Å². The first kappa shape index (κ1) is 22.6. The van der Waals surface area contributed by atoms with Crippen LogP contribution >= 0.6 is 11.5 Å². The highest BCUT2D eigenvalue weighted by Gasteiger charge is 2.22. The number of ether oxygens (including phenoxy) is 1. The van der Waals surface area contributed by atoms with Crippen LogP contribution in [0, 0.1) is 0 Å². The molecular weight excluding hydrogens is 436 g/mol. The fourth-order valence-corrected chi connectivity index (χ4v) is 4.04. The van der Waals surface area contributed by atoms with Crippen LogP contribution in [0.5, 0.6) is 0 Å². The average molecular weight is 461 g/mol. The summed E-state index contributed by atoms with van der Waals surface area (Å²) in [6.45, 7) is 0.722. The van der Waals surface area contributed by atoms with Gasteiger partial charge in [0.25, 0.3) is 0 Å². The lowest BCUT2D eigenvalue weighted by molar-refractivity contribution is -0.117. The van der Waals surface area contributed by atoms with Gasteiger partial charge in [0.05, 0.1) is 16.2 Å². The maximum Gasteiger partial charge on any atom is 0.338 e. The number of nitrogens with one attached hydrogen (secondary N) is 1. The number of fused-ring (bicyclic) bond motifs is 1. The van der Waals surface area contributed by atoms with E-state index in [0.717, 1.165) is 21.3 Å². The van der Waals surface area contributed by atoms with Gasteiger partial charge < -0.3 is 15.0 Å². The second-order valence-corrected chi connectivity index (χ2v) is 8.73. The van der Waals surface area contributed by atoms with Crippen LogP contribution in [0.1, 0.15) is 27.4 Å². The van der Waals surface area contributed by atoms with Gasteiger partial charge in [-0.15, -0.1) is 5.10 Å². The molecule has 0 radical (unpaired) electrons. The van der Waals surface area contributed by atoms with Crippen molar-refractivity contribution >= 4 is 39.3 Å². The number of benzene rings is 3. The third-order valence-electron chi connectivity index (χ3n) is 5.14. The number of rotatable bonds is 8. The predicted octanol–water partition coefficient (Wildman–Crippen LogP) is 4.33. The topological polar surface area (TPSA) is 84.4 Å². The average Bonchev–Trinajstić information content (AvgIpc) is 3.30. The Hall–Kier alpha value is -3.62. The molecule has 1 atom stereocenters. The Bertz CT molecular complexity index is 1240. The number of esters is 1. The van der Waals surface area contributed by atoms with Gasteiger partial charge in [-0.2, -0.15) is 0 Å². The number of carbonyl (C=O) groups is 2. The molecule has 0 aliphatic rings. The van der Waals surface area contributed by atoms with Crippen molar-refractivity contribution in [1.82, 2.24) is 14.5 Å². The van der Waals surface area contributed by atoms with E-state index in [2.05, 4.69) is 14.9 Å². The smallest absolute Gasteiger partial charge is 0.338 e. The van der Waals surface area contributed by atoms with Gasteiger partial charge in [-0.05, 0) is 67.1 Å². The zero-order chi connectivity index (χ0) is 23.2. The number of hydrogen-bond acceptors (Lipinski definition) is 7. The molecule has 7 nitrogen and oxygen atoms in total. The number of aromatic nitrogens is 2. The molecule has 4 aromatic rings. The highest BCUT2D eigenvalue weighted by molar-refractivity contribution is 7.12. The fourth-order valence-electron chi connectivity index (χ4n) is 3.44. The molecule has 0 aliphatic heterocycles. The van der Waals surface area contributed by atoms with Crippen LogP contribution in [0.25, 0.3) is 10.2 Å². The molecule has 1 aromatic heterocycles. The second kappa shape index (κ2) is 10.3. The minimum Gasteiger partial charge on any atom is -0.457 e. The monoisotopic (exact) mass is 460 g/mol. The first-order valence-corrected chi connectivity index (χ1v) is 11.3. The summed E-state index contributed by atoms with van der Waals surface area (Å²) in [6.07, 6.45) is 0. The zero-order valence-electron chi connectivity index (χ0n) is 18.4. The standard InChI is InChI=1S/C25H24N4O3S/c1-29(2)15-21(24(30)26-20-12-13-22-23(14-20)33-28-27-22)18-10-8-17(9-11-18)16-32-25(31)19-6-4-3-5-7-19/h3-14,21H,15-16H2,1-2H3,(H,26,30). The van der Waals surface area contributed by atoms with E-state index in [-0.39, 0.29) is 24.4 Å². The van der Waals surface area contributed by atoms with Crippen LogP contribution in [0.15, 0.2) is 72.8 Å². The fraction of sp³-hybridized carbons (Fsp3) is 0.200. The summed E-state index contributed by atoms with van der Waals surface area (Å²) in [4.78, 5) is 27.3. The van der Waals surface area contributed by atoms with Crippen molar-refractivity contribution in [2.24, 2.45) is 0 Å². The Morgan fingerprint density at radius 1 is 1.03 bits per heavy atom. The summed E-state index contributed by atoms with van der Waals surface area (Å²) >= 11 is 1.29. The van der Waals surface area contributed by atoms with Gasteiger partial charge in [0, 0.05) is 12.2 Å². The molecule has 0 bridgehead atoms. The summed E-state index contributed by atoms with van der Waals surface area (Å²) in [5.74, 6) is -0.822. The Morgan fingerprint density at radius 3 is 2.52 bits per heavy atom. The van der Waals surface area contributed by atoms with Crippen LogP contribution in [0.3, 0.4) is 0 Å². The Balaban J connectivity index is 1.43.